The molecule has 0 atom stereocenters. The Labute approximate surface area is 199 Å². The average Bonchev–Trinajstić information content (AvgIpc) is 3.14. The summed E-state index contributed by atoms with van der Waals surface area (Å²) in [5.41, 5.74) is 4.12. The van der Waals surface area contributed by atoms with E-state index < -0.39 is 0 Å². The molecular weight excluding hydrogens is 428 g/mol. The van der Waals surface area contributed by atoms with Crippen molar-refractivity contribution in [3.8, 4) is 11.5 Å². The molecule has 6 nitrogen and oxygen atoms in total. The standard InChI is InChI=1S/C28H26N2O4/c1-3-34-22-15-13-20(14-16-22)25-26(29-17-7-9-19-8-4-5-12-24(19)29)28(32)30(27(25)31)21-10-6-11-23(18-21)33-2/h4-6,8,10-16,18H,3,7,9,17H2,1-2H3. The van der Waals surface area contributed by atoms with Gasteiger partial charge in [0, 0.05) is 18.3 Å². The molecule has 5 rings (SSSR count). The van der Waals surface area contributed by atoms with Gasteiger partial charge < -0.3 is 14.4 Å². The lowest BCUT2D eigenvalue weighted by Crippen LogP contribution is -2.37. The first-order valence-corrected chi connectivity index (χ1v) is 11.5. The Bertz CT molecular complexity index is 1280. The summed E-state index contributed by atoms with van der Waals surface area (Å²) in [7, 11) is 1.56. The molecule has 0 aliphatic carbocycles. The topological polar surface area (TPSA) is 59.1 Å². The fourth-order valence-electron chi connectivity index (χ4n) is 4.66. The van der Waals surface area contributed by atoms with Crippen LogP contribution in [0.15, 0.2) is 78.5 Å². The number of methoxy groups -OCH3 is 1. The fraction of sp³-hybridized carbons (Fsp3) is 0.214. The first-order chi connectivity index (χ1) is 16.6. The highest BCUT2D eigenvalue weighted by molar-refractivity contribution is 6.46. The van der Waals surface area contributed by atoms with Gasteiger partial charge in [-0.15, -0.1) is 0 Å². The largest absolute Gasteiger partial charge is 0.497 e. The number of nitrogens with zero attached hydrogens (tertiary/aromatic N) is 2. The Balaban J connectivity index is 1.66. The minimum atomic E-state index is -0.347. The summed E-state index contributed by atoms with van der Waals surface area (Å²) in [4.78, 5) is 31.0. The predicted octanol–water partition coefficient (Wildman–Crippen LogP) is 4.83. The van der Waals surface area contributed by atoms with Gasteiger partial charge in [-0.2, -0.15) is 0 Å². The third kappa shape index (κ3) is 3.71. The van der Waals surface area contributed by atoms with Gasteiger partial charge in [-0.1, -0.05) is 36.4 Å². The smallest absolute Gasteiger partial charge is 0.282 e. The summed E-state index contributed by atoms with van der Waals surface area (Å²) >= 11 is 0. The summed E-state index contributed by atoms with van der Waals surface area (Å²) < 4.78 is 10.9. The summed E-state index contributed by atoms with van der Waals surface area (Å²) in [6.07, 6.45) is 1.85. The maximum absolute atomic E-state index is 13.9. The molecule has 3 aromatic rings. The van der Waals surface area contributed by atoms with Crippen molar-refractivity contribution in [1.29, 1.82) is 0 Å². The monoisotopic (exact) mass is 454 g/mol. The van der Waals surface area contributed by atoms with E-state index in [9.17, 15) is 9.59 Å². The highest BCUT2D eigenvalue weighted by Gasteiger charge is 2.43. The zero-order valence-electron chi connectivity index (χ0n) is 19.3. The molecule has 2 amide bonds. The number of anilines is 2. The molecule has 3 aromatic carbocycles. The van der Waals surface area contributed by atoms with E-state index in [2.05, 4.69) is 6.07 Å². The van der Waals surface area contributed by atoms with E-state index in [1.54, 1.807) is 31.4 Å². The van der Waals surface area contributed by atoms with Crippen molar-refractivity contribution in [3.63, 3.8) is 0 Å². The molecule has 6 heteroatoms. The van der Waals surface area contributed by atoms with Crippen LogP contribution in [0.3, 0.4) is 0 Å². The number of hydrogen-bond acceptors (Lipinski definition) is 5. The second-order valence-electron chi connectivity index (χ2n) is 8.21. The Morgan fingerprint density at radius 1 is 0.882 bits per heavy atom. The second-order valence-corrected chi connectivity index (χ2v) is 8.21. The lowest BCUT2D eigenvalue weighted by atomic mass is 9.98. The van der Waals surface area contributed by atoms with Gasteiger partial charge in [-0.05, 0) is 61.2 Å². The number of benzene rings is 3. The zero-order valence-corrected chi connectivity index (χ0v) is 19.3. The summed E-state index contributed by atoms with van der Waals surface area (Å²) in [5, 5.41) is 0. The van der Waals surface area contributed by atoms with E-state index in [-0.39, 0.29) is 11.8 Å². The van der Waals surface area contributed by atoms with Gasteiger partial charge in [0.25, 0.3) is 11.8 Å². The van der Waals surface area contributed by atoms with Crippen molar-refractivity contribution in [3.05, 3.63) is 89.6 Å². The third-order valence-electron chi connectivity index (χ3n) is 6.21. The minimum absolute atomic E-state index is 0.334. The van der Waals surface area contributed by atoms with Gasteiger partial charge in [0.15, 0.2) is 0 Å². The quantitative estimate of drug-likeness (QED) is 0.500. The number of ether oxygens (including phenoxy) is 2. The maximum Gasteiger partial charge on any atom is 0.282 e. The lowest BCUT2D eigenvalue weighted by Gasteiger charge is -2.32. The van der Waals surface area contributed by atoms with Crippen LogP contribution in [0.2, 0.25) is 0 Å². The molecule has 172 valence electrons. The Hall–Kier alpha value is -4.06. The summed E-state index contributed by atoms with van der Waals surface area (Å²) in [6, 6.07) is 22.5. The molecular formula is C28H26N2O4. The van der Waals surface area contributed by atoms with Crippen LogP contribution in [0.4, 0.5) is 11.4 Å². The van der Waals surface area contributed by atoms with Crippen LogP contribution in [0.5, 0.6) is 11.5 Å². The van der Waals surface area contributed by atoms with Gasteiger partial charge in [0.05, 0.1) is 25.0 Å². The zero-order chi connectivity index (χ0) is 23.7. The van der Waals surface area contributed by atoms with Gasteiger partial charge in [-0.3, -0.25) is 9.59 Å². The van der Waals surface area contributed by atoms with Gasteiger partial charge in [0.1, 0.15) is 17.2 Å². The first-order valence-electron chi connectivity index (χ1n) is 11.5. The van der Waals surface area contributed by atoms with Crippen LogP contribution >= 0.6 is 0 Å². The minimum Gasteiger partial charge on any atom is -0.497 e. The molecule has 0 fully saturated rings. The summed E-state index contributed by atoms with van der Waals surface area (Å²) in [6.45, 7) is 3.14. The van der Waals surface area contributed by atoms with E-state index in [4.69, 9.17) is 9.47 Å². The molecule has 0 saturated heterocycles. The number of para-hydroxylation sites is 1. The molecule has 0 N–H and O–H groups in total. The third-order valence-corrected chi connectivity index (χ3v) is 6.21. The first kappa shape index (κ1) is 21.8. The van der Waals surface area contributed by atoms with E-state index in [1.165, 1.54) is 10.5 Å². The number of rotatable bonds is 6. The maximum atomic E-state index is 13.9. The van der Waals surface area contributed by atoms with Crippen LogP contribution in [-0.4, -0.2) is 32.1 Å². The molecule has 2 heterocycles. The number of fused-ring (bicyclic) bond motifs is 1. The van der Waals surface area contributed by atoms with E-state index >= 15 is 0 Å². The van der Waals surface area contributed by atoms with Gasteiger partial charge in [-0.25, -0.2) is 4.90 Å². The number of imide groups is 1. The molecule has 0 unspecified atom stereocenters. The molecule has 0 bridgehead atoms. The van der Waals surface area contributed by atoms with Crippen molar-refractivity contribution in [2.24, 2.45) is 0 Å². The number of aryl methyl sites for hydroxylation is 1. The van der Waals surface area contributed by atoms with Crippen molar-refractivity contribution < 1.29 is 19.1 Å². The van der Waals surface area contributed by atoms with Crippen molar-refractivity contribution >= 4 is 28.8 Å². The number of carbonyl (C=O) groups excluding carboxylic acids is 2. The van der Waals surface area contributed by atoms with Crippen molar-refractivity contribution in [1.82, 2.24) is 0 Å². The Kier molecular flexibility index (Phi) is 5.80. The van der Waals surface area contributed by atoms with Crippen LogP contribution < -0.4 is 19.3 Å². The van der Waals surface area contributed by atoms with Crippen molar-refractivity contribution in [2.75, 3.05) is 30.1 Å². The molecule has 0 saturated carbocycles. The highest BCUT2D eigenvalue weighted by atomic mass is 16.5. The molecule has 34 heavy (non-hydrogen) atoms. The van der Waals surface area contributed by atoms with Crippen LogP contribution in [-0.2, 0) is 16.0 Å². The summed E-state index contributed by atoms with van der Waals surface area (Å²) in [5.74, 6) is 0.620. The van der Waals surface area contributed by atoms with Crippen molar-refractivity contribution in [2.45, 2.75) is 19.8 Å². The lowest BCUT2D eigenvalue weighted by molar-refractivity contribution is -0.120. The van der Waals surface area contributed by atoms with Crippen LogP contribution in [0, 0.1) is 0 Å². The molecule has 0 aromatic heterocycles. The van der Waals surface area contributed by atoms with E-state index in [0.29, 0.717) is 41.4 Å². The van der Waals surface area contributed by atoms with Gasteiger partial charge in [0.2, 0.25) is 0 Å². The molecule has 2 aliphatic heterocycles. The van der Waals surface area contributed by atoms with Crippen LogP contribution in [0.25, 0.3) is 5.57 Å². The van der Waals surface area contributed by atoms with Gasteiger partial charge >= 0.3 is 0 Å². The normalized spacial score (nSPS) is 15.6. The highest BCUT2D eigenvalue weighted by Crippen LogP contribution is 2.40. The Morgan fingerprint density at radius 3 is 2.44 bits per heavy atom. The number of amides is 2. The van der Waals surface area contributed by atoms with Crippen LogP contribution in [0.1, 0.15) is 24.5 Å². The molecule has 0 spiro atoms. The number of carbonyl (C=O) groups is 2. The molecule has 0 radical (unpaired) electrons. The second kappa shape index (κ2) is 9.06. The van der Waals surface area contributed by atoms with E-state index in [1.807, 2.05) is 54.3 Å². The number of hydrogen-bond donors (Lipinski definition) is 0. The van der Waals surface area contributed by atoms with E-state index in [0.717, 1.165) is 24.3 Å². The predicted molar refractivity (Wildman–Crippen MR) is 132 cm³/mol. The SMILES string of the molecule is CCOc1ccc(C2=C(N3CCCc4ccccc43)C(=O)N(c3cccc(OC)c3)C2=O)cc1. The average molecular weight is 455 g/mol. The Morgan fingerprint density at radius 2 is 1.68 bits per heavy atom. The molecule has 2 aliphatic rings. The fourth-order valence-corrected chi connectivity index (χ4v) is 4.66.